The summed E-state index contributed by atoms with van der Waals surface area (Å²) in [7, 11) is 0. The number of ether oxygens (including phenoxy) is 1. The maximum Gasteiger partial charge on any atom is 0.302 e. The summed E-state index contributed by atoms with van der Waals surface area (Å²) in [6.07, 6.45) is 1.53. The number of esters is 1. The standard InChI is InChI=1S/C13H16FNO2/c1-9(16)17-12-6-7-15-13(8-12)10-2-4-11(14)5-3-10/h2-5,12-13,15H,6-8H2,1H3. The van der Waals surface area contributed by atoms with Crippen LogP contribution in [0.15, 0.2) is 24.3 Å². The molecule has 2 atom stereocenters. The number of benzene rings is 1. The van der Waals surface area contributed by atoms with Crippen LogP contribution in [-0.2, 0) is 9.53 Å². The molecule has 1 saturated heterocycles. The van der Waals surface area contributed by atoms with Crippen molar-refractivity contribution < 1.29 is 13.9 Å². The van der Waals surface area contributed by atoms with Crippen molar-refractivity contribution in [1.29, 1.82) is 0 Å². The van der Waals surface area contributed by atoms with Gasteiger partial charge in [0.2, 0.25) is 0 Å². The maximum atomic E-state index is 12.8. The lowest BCUT2D eigenvalue weighted by atomic mass is 9.95. The summed E-state index contributed by atoms with van der Waals surface area (Å²) in [4.78, 5) is 10.9. The fraction of sp³-hybridized carbons (Fsp3) is 0.462. The summed E-state index contributed by atoms with van der Waals surface area (Å²) in [5.41, 5.74) is 1.03. The van der Waals surface area contributed by atoms with Gasteiger partial charge < -0.3 is 10.1 Å². The first kappa shape index (κ1) is 12.0. The summed E-state index contributed by atoms with van der Waals surface area (Å²) in [6, 6.07) is 6.57. The zero-order valence-electron chi connectivity index (χ0n) is 9.78. The van der Waals surface area contributed by atoms with Crippen molar-refractivity contribution in [3.8, 4) is 0 Å². The van der Waals surface area contributed by atoms with Crippen molar-refractivity contribution in [1.82, 2.24) is 5.32 Å². The average molecular weight is 237 g/mol. The van der Waals surface area contributed by atoms with Gasteiger partial charge in [-0.1, -0.05) is 12.1 Å². The Labute approximate surface area is 100.0 Å². The van der Waals surface area contributed by atoms with Crippen molar-refractivity contribution in [2.24, 2.45) is 0 Å². The van der Waals surface area contributed by atoms with Crippen LogP contribution in [0.4, 0.5) is 4.39 Å². The smallest absolute Gasteiger partial charge is 0.302 e. The zero-order valence-corrected chi connectivity index (χ0v) is 9.78. The molecule has 0 radical (unpaired) electrons. The number of hydrogen-bond acceptors (Lipinski definition) is 3. The minimum Gasteiger partial charge on any atom is -0.462 e. The second-order valence-electron chi connectivity index (χ2n) is 4.31. The molecule has 1 heterocycles. The second-order valence-corrected chi connectivity index (χ2v) is 4.31. The van der Waals surface area contributed by atoms with Crippen LogP contribution in [0.1, 0.15) is 31.4 Å². The molecule has 1 aromatic rings. The largest absolute Gasteiger partial charge is 0.462 e. The van der Waals surface area contributed by atoms with E-state index in [-0.39, 0.29) is 23.9 Å². The Morgan fingerprint density at radius 1 is 1.41 bits per heavy atom. The first-order chi connectivity index (χ1) is 8.15. The molecular formula is C13H16FNO2. The number of carbonyl (C=O) groups excluding carboxylic acids is 1. The van der Waals surface area contributed by atoms with E-state index in [2.05, 4.69) is 5.32 Å². The Morgan fingerprint density at radius 2 is 2.12 bits per heavy atom. The molecule has 1 fully saturated rings. The van der Waals surface area contributed by atoms with Gasteiger partial charge in [0.05, 0.1) is 0 Å². The average Bonchev–Trinajstić information content (AvgIpc) is 2.29. The van der Waals surface area contributed by atoms with Crippen LogP contribution in [-0.4, -0.2) is 18.6 Å². The second kappa shape index (κ2) is 5.27. The molecule has 1 aromatic carbocycles. The number of halogens is 1. The van der Waals surface area contributed by atoms with Gasteiger partial charge in [-0.3, -0.25) is 4.79 Å². The van der Waals surface area contributed by atoms with Crippen molar-refractivity contribution in [3.05, 3.63) is 35.6 Å². The highest BCUT2D eigenvalue weighted by molar-refractivity contribution is 5.66. The van der Waals surface area contributed by atoms with Crippen LogP contribution in [0.2, 0.25) is 0 Å². The predicted molar refractivity (Wildman–Crippen MR) is 61.9 cm³/mol. The molecule has 0 aliphatic carbocycles. The highest BCUT2D eigenvalue weighted by Crippen LogP contribution is 2.25. The van der Waals surface area contributed by atoms with Crippen molar-refractivity contribution >= 4 is 5.97 Å². The predicted octanol–water partition coefficient (Wildman–Crippen LogP) is 2.18. The molecule has 1 N–H and O–H groups in total. The Hall–Kier alpha value is -1.42. The van der Waals surface area contributed by atoms with E-state index in [1.165, 1.54) is 19.1 Å². The Balaban J connectivity index is 2.01. The molecule has 2 unspecified atom stereocenters. The first-order valence-electron chi connectivity index (χ1n) is 5.81. The molecule has 3 nitrogen and oxygen atoms in total. The lowest BCUT2D eigenvalue weighted by molar-refractivity contribution is -0.147. The highest BCUT2D eigenvalue weighted by Gasteiger charge is 2.24. The monoisotopic (exact) mass is 237 g/mol. The summed E-state index contributed by atoms with van der Waals surface area (Å²) >= 11 is 0. The topological polar surface area (TPSA) is 38.3 Å². The molecule has 4 heteroatoms. The van der Waals surface area contributed by atoms with E-state index in [0.717, 1.165) is 24.9 Å². The summed E-state index contributed by atoms with van der Waals surface area (Å²) in [5, 5.41) is 3.34. The third kappa shape index (κ3) is 3.27. The summed E-state index contributed by atoms with van der Waals surface area (Å²) in [5.74, 6) is -0.476. The van der Waals surface area contributed by atoms with Crippen LogP contribution >= 0.6 is 0 Å². The van der Waals surface area contributed by atoms with Gasteiger partial charge in [-0.05, 0) is 30.7 Å². The van der Waals surface area contributed by atoms with E-state index >= 15 is 0 Å². The first-order valence-corrected chi connectivity index (χ1v) is 5.81. The van der Waals surface area contributed by atoms with Crippen LogP contribution in [0.3, 0.4) is 0 Å². The molecular weight excluding hydrogens is 221 g/mol. The fourth-order valence-corrected chi connectivity index (χ4v) is 2.17. The van der Waals surface area contributed by atoms with Crippen LogP contribution in [0.5, 0.6) is 0 Å². The number of hydrogen-bond donors (Lipinski definition) is 1. The van der Waals surface area contributed by atoms with Gasteiger partial charge in [0.1, 0.15) is 11.9 Å². The van der Waals surface area contributed by atoms with Crippen LogP contribution in [0.25, 0.3) is 0 Å². The van der Waals surface area contributed by atoms with Gasteiger partial charge in [0.15, 0.2) is 0 Å². The Morgan fingerprint density at radius 3 is 2.76 bits per heavy atom. The minimum atomic E-state index is -0.241. The molecule has 0 spiro atoms. The molecule has 2 rings (SSSR count). The number of rotatable bonds is 2. The minimum absolute atomic E-state index is 0.0381. The molecule has 17 heavy (non-hydrogen) atoms. The van der Waals surface area contributed by atoms with E-state index in [1.54, 1.807) is 12.1 Å². The fourth-order valence-electron chi connectivity index (χ4n) is 2.17. The molecule has 92 valence electrons. The van der Waals surface area contributed by atoms with E-state index in [0.29, 0.717) is 0 Å². The third-order valence-electron chi connectivity index (χ3n) is 2.96. The molecule has 0 amide bonds. The summed E-state index contributed by atoms with van der Waals surface area (Å²) in [6.45, 7) is 2.23. The number of nitrogens with one attached hydrogen (secondary N) is 1. The van der Waals surface area contributed by atoms with E-state index < -0.39 is 0 Å². The molecule has 0 aromatic heterocycles. The summed E-state index contributed by atoms with van der Waals surface area (Å²) < 4.78 is 18.0. The number of carbonyl (C=O) groups is 1. The zero-order chi connectivity index (χ0) is 12.3. The van der Waals surface area contributed by atoms with Crippen molar-refractivity contribution in [2.75, 3.05) is 6.54 Å². The quantitative estimate of drug-likeness (QED) is 0.801. The maximum absolute atomic E-state index is 12.8. The SMILES string of the molecule is CC(=O)OC1CCNC(c2ccc(F)cc2)C1. The van der Waals surface area contributed by atoms with Crippen molar-refractivity contribution in [2.45, 2.75) is 31.9 Å². The van der Waals surface area contributed by atoms with Crippen molar-refractivity contribution in [3.63, 3.8) is 0 Å². The molecule has 1 aliphatic heterocycles. The van der Waals surface area contributed by atoms with Gasteiger partial charge in [-0.2, -0.15) is 0 Å². The van der Waals surface area contributed by atoms with Crippen LogP contribution < -0.4 is 5.32 Å². The van der Waals surface area contributed by atoms with E-state index in [1.807, 2.05) is 0 Å². The van der Waals surface area contributed by atoms with Gasteiger partial charge in [-0.25, -0.2) is 4.39 Å². The lowest BCUT2D eigenvalue weighted by Crippen LogP contribution is -2.36. The van der Waals surface area contributed by atoms with Crippen LogP contribution in [0, 0.1) is 5.82 Å². The molecule has 1 aliphatic rings. The molecule has 0 bridgehead atoms. The van der Waals surface area contributed by atoms with Gasteiger partial charge in [-0.15, -0.1) is 0 Å². The van der Waals surface area contributed by atoms with E-state index in [4.69, 9.17) is 4.74 Å². The van der Waals surface area contributed by atoms with E-state index in [9.17, 15) is 9.18 Å². The molecule has 0 saturated carbocycles. The third-order valence-corrected chi connectivity index (χ3v) is 2.96. The van der Waals surface area contributed by atoms with Gasteiger partial charge >= 0.3 is 5.97 Å². The lowest BCUT2D eigenvalue weighted by Gasteiger charge is -2.30. The Bertz CT molecular complexity index is 391. The Kier molecular flexibility index (Phi) is 3.74. The highest BCUT2D eigenvalue weighted by atomic mass is 19.1. The normalized spacial score (nSPS) is 24.4. The van der Waals surface area contributed by atoms with Gasteiger partial charge in [0, 0.05) is 19.4 Å². The number of piperidine rings is 1. The van der Waals surface area contributed by atoms with Gasteiger partial charge in [0.25, 0.3) is 0 Å².